The Morgan fingerprint density at radius 3 is 2.07 bits per heavy atom. The Bertz CT molecular complexity index is 774. The van der Waals surface area contributed by atoms with Gasteiger partial charge in [-0.2, -0.15) is 0 Å². The van der Waals surface area contributed by atoms with Crippen molar-refractivity contribution < 1.29 is 19.4 Å². The first-order valence-electron chi connectivity index (χ1n) is 10.7. The summed E-state index contributed by atoms with van der Waals surface area (Å²) in [7, 11) is 1.79. The number of hydrogen-bond acceptors (Lipinski definition) is 4. The van der Waals surface area contributed by atoms with Crippen molar-refractivity contribution in [2.45, 2.75) is 45.1 Å². The van der Waals surface area contributed by atoms with Crippen molar-refractivity contribution in [3.8, 4) is 0 Å². The number of likely N-dealkylation sites (N-methyl/N-ethyl adjacent to an activating group) is 1. The van der Waals surface area contributed by atoms with E-state index < -0.39 is 12.1 Å². The van der Waals surface area contributed by atoms with Crippen LogP contribution in [-0.4, -0.2) is 42.5 Å². The summed E-state index contributed by atoms with van der Waals surface area (Å²) in [4.78, 5) is 15.3. The number of amides is 1. The molecule has 0 bridgehead atoms. The highest BCUT2D eigenvalue weighted by molar-refractivity contribution is 5.79. The van der Waals surface area contributed by atoms with Crippen LogP contribution in [0, 0.1) is 11.8 Å². The summed E-state index contributed by atoms with van der Waals surface area (Å²) < 4.78 is 11.2. The Kier molecular flexibility index (Phi) is 8.02. The van der Waals surface area contributed by atoms with Crippen LogP contribution in [0.15, 0.2) is 60.7 Å². The Hall–Kier alpha value is -2.21. The molecule has 5 heteroatoms. The molecule has 0 unspecified atom stereocenters. The van der Waals surface area contributed by atoms with Gasteiger partial charge in [-0.3, -0.25) is 4.79 Å². The number of carbonyl (C=O) groups excluding carboxylic acids is 1. The highest BCUT2D eigenvalue weighted by Gasteiger charge is 2.35. The van der Waals surface area contributed by atoms with E-state index in [1.54, 1.807) is 11.9 Å². The van der Waals surface area contributed by atoms with Gasteiger partial charge >= 0.3 is 0 Å². The van der Waals surface area contributed by atoms with E-state index in [0.29, 0.717) is 25.6 Å². The minimum absolute atomic E-state index is 0.00614. The molecular weight excluding hydrogens is 378 g/mol. The first-order chi connectivity index (χ1) is 14.5. The van der Waals surface area contributed by atoms with Crippen molar-refractivity contribution in [2.75, 3.05) is 20.3 Å². The molecule has 3 atom stereocenters. The van der Waals surface area contributed by atoms with E-state index in [0.717, 1.165) is 17.5 Å². The summed E-state index contributed by atoms with van der Waals surface area (Å²) in [6, 6.07) is 18.8. The van der Waals surface area contributed by atoms with Crippen LogP contribution < -0.4 is 0 Å². The van der Waals surface area contributed by atoms with Crippen LogP contribution in [0.3, 0.4) is 0 Å². The summed E-state index contributed by atoms with van der Waals surface area (Å²) in [5.74, 6) is 0.141. The molecule has 2 aromatic rings. The average molecular weight is 412 g/mol. The van der Waals surface area contributed by atoms with Crippen LogP contribution in [-0.2, 0) is 14.3 Å². The zero-order chi connectivity index (χ0) is 21.5. The minimum atomic E-state index is -0.832. The van der Waals surface area contributed by atoms with Gasteiger partial charge < -0.3 is 19.5 Å². The molecule has 2 aromatic carbocycles. The van der Waals surface area contributed by atoms with Gasteiger partial charge in [0.1, 0.15) is 6.10 Å². The van der Waals surface area contributed by atoms with Crippen molar-refractivity contribution in [1.82, 2.24) is 4.90 Å². The molecular formula is C25H33NO4. The lowest BCUT2D eigenvalue weighted by atomic mass is 9.89. The third-order valence-electron chi connectivity index (χ3n) is 5.62. The molecule has 1 heterocycles. The fourth-order valence-corrected chi connectivity index (χ4v) is 4.17. The summed E-state index contributed by atoms with van der Waals surface area (Å²) >= 11 is 0. The van der Waals surface area contributed by atoms with E-state index >= 15 is 0 Å². The average Bonchev–Trinajstić information content (AvgIpc) is 3.27. The number of aliphatic hydroxyl groups is 1. The fourth-order valence-electron chi connectivity index (χ4n) is 4.17. The van der Waals surface area contributed by atoms with Crippen molar-refractivity contribution in [1.29, 1.82) is 0 Å². The monoisotopic (exact) mass is 411 g/mol. The normalized spacial score (nSPS) is 17.6. The minimum Gasteiger partial charge on any atom is -0.386 e. The van der Waals surface area contributed by atoms with Gasteiger partial charge in [-0.05, 0) is 23.5 Å². The Morgan fingerprint density at radius 1 is 1.00 bits per heavy atom. The molecule has 1 aliphatic heterocycles. The number of ether oxygens (including phenoxy) is 2. The van der Waals surface area contributed by atoms with Crippen molar-refractivity contribution in [3.05, 3.63) is 71.8 Å². The quantitative estimate of drug-likeness (QED) is 0.667. The highest BCUT2D eigenvalue weighted by Crippen LogP contribution is 2.35. The van der Waals surface area contributed by atoms with Gasteiger partial charge in [0.25, 0.3) is 0 Å². The first-order valence-corrected chi connectivity index (χ1v) is 10.7. The van der Waals surface area contributed by atoms with Gasteiger partial charge in [0.05, 0.1) is 19.3 Å². The van der Waals surface area contributed by atoms with E-state index in [2.05, 4.69) is 13.8 Å². The largest absolute Gasteiger partial charge is 0.386 e. The maximum Gasteiger partial charge on any atom is 0.226 e. The molecule has 1 fully saturated rings. The van der Waals surface area contributed by atoms with Crippen LogP contribution in [0.2, 0.25) is 0 Å². The van der Waals surface area contributed by atoms with Crippen molar-refractivity contribution >= 4 is 5.91 Å². The lowest BCUT2D eigenvalue weighted by molar-refractivity contribution is -0.144. The third-order valence-corrected chi connectivity index (χ3v) is 5.62. The van der Waals surface area contributed by atoms with Gasteiger partial charge in [0.2, 0.25) is 5.91 Å². The predicted octanol–water partition coefficient (Wildman–Crippen LogP) is 4.35. The Balaban J connectivity index is 1.87. The standard InChI is InChI=1S/C25H33NO4/c1-18(2)16-21(17-22-29-14-15-30-22)25(28)26(3)23(19-10-6-4-7-11-19)24(27)20-12-8-5-9-13-20/h4-13,18,21-24,27H,14-17H2,1-3H3/t21-,23-,24-/m1/s1. The van der Waals surface area contributed by atoms with Crippen molar-refractivity contribution in [2.24, 2.45) is 11.8 Å². The molecule has 0 radical (unpaired) electrons. The van der Waals surface area contributed by atoms with Crippen LogP contribution in [0.1, 0.15) is 50.0 Å². The zero-order valence-electron chi connectivity index (χ0n) is 18.1. The van der Waals surface area contributed by atoms with Crippen LogP contribution >= 0.6 is 0 Å². The lowest BCUT2D eigenvalue weighted by Crippen LogP contribution is -2.40. The molecule has 1 amide bonds. The van der Waals surface area contributed by atoms with Gasteiger partial charge in [0, 0.05) is 19.4 Å². The number of nitrogens with zero attached hydrogens (tertiary/aromatic N) is 1. The Morgan fingerprint density at radius 2 is 1.53 bits per heavy atom. The molecule has 1 saturated heterocycles. The number of benzene rings is 2. The van der Waals surface area contributed by atoms with E-state index in [9.17, 15) is 9.90 Å². The second kappa shape index (κ2) is 10.7. The van der Waals surface area contributed by atoms with E-state index in [-0.39, 0.29) is 18.1 Å². The topological polar surface area (TPSA) is 59.0 Å². The number of rotatable bonds is 9. The molecule has 30 heavy (non-hydrogen) atoms. The number of hydrogen-bond donors (Lipinski definition) is 1. The number of aliphatic hydroxyl groups excluding tert-OH is 1. The second-order valence-corrected chi connectivity index (χ2v) is 8.39. The maximum absolute atomic E-state index is 13.6. The smallest absolute Gasteiger partial charge is 0.226 e. The fraction of sp³-hybridized carbons (Fsp3) is 0.480. The molecule has 0 saturated carbocycles. The molecule has 1 N–H and O–H groups in total. The van der Waals surface area contributed by atoms with Gasteiger partial charge in [0.15, 0.2) is 6.29 Å². The molecule has 162 valence electrons. The highest BCUT2D eigenvalue weighted by atomic mass is 16.7. The molecule has 0 spiro atoms. The summed E-state index contributed by atoms with van der Waals surface area (Å²) in [5.41, 5.74) is 1.69. The SMILES string of the molecule is CC(C)C[C@H](CC1OCCO1)C(=O)N(C)[C@H](c1ccccc1)[C@H](O)c1ccccc1. The van der Waals surface area contributed by atoms with Crippen LogP contribution in [0.5, 0.6) is 0 Å². The maximum atomic E-state index is 13.6. The molecule has 0 aromatic heterocycles. The van der Waals surface area contributed by atoms with Crippen LogP contribution in [0.4, 0.5) is 0 Å². The van der Waals surface area contributed by atoms with E-state index in [1.165, 1.54) is 0 Å². The third kappa shape index (κ3) is 5.69. The van der Waals surface area contributed by atoms with Crippen molar-refractivity contribution in [3.63, 3.8) is 0 Å². The summed E-state index contributed by atoms with van der Waals surface area (Å²) in [6.45, 7) is 5.37. The van der Waals surface area contributed by atoms with Gasteiger partial charge in [-0.1, -0.05) is 74.5 Å². The van der Waals surface area contributed by atoms with Gasteiger partial charge in [-0.25, -0.2) is 0 Å². The molecule has 0 aliphatic carbocycles. The molecule has 5 nitrogen and oxygen atoms in total. The number of carbonyl (C=O) groups is 1. The van der Waals surface area contributed by atoms with E-state index in [1.807, 2.05) is 60.7 Å². The second-order valence-electron chi connectivity index (χ2n) is 8.39. The molecule has 3 rings (SSSR count). The first kappa shape index (κ1) is 22.5. The van der Waals surface area contributed by atoms with Crippen LogP contribution in [0.25, 0.3) is 0 Å². The lowest BCUT2D eigenvalue weighted by Gasteiger charge is -2.35. The Labute approximate surface area is 179 Å². The summed E-state index contributed by atoms with van der Waals surface area (Å²) in [6.07, 6.45) is 0.112. The van der Waals surface area contributed by atoms with Gasteiger partial charge in [-0.15, -0.1) is 0 Å². The molecule has 1 aliphatic rings. The van der Waals surface area contributed by atoms with E-state index in [4.69, 9.17) is 9.47 Å². The zero-order valence-corrected chi connectivity index (χ0v) is 18.1. The predicted molar refractivity (Wildman–Crippen MR) is 117 cm³/mol. The summed E-state index contributed by atoms with van der Waals surface area (Å²) in [5, 5.41) is 11.3.